The van der Waals surface area contributed by atoms with Crippen LogP contribution in [0, 0.1) is 48.7 Å². The first-order valence-corrected chi connectivity index (χ1v) is 38.4. The van der Waals surface area contributed by atoms with Crippen LogP contribution in [0.5, 0.6) is 34.5 Å². The van der Waals surface area contributed by atoms with Crippen LogP contribution in [0.3, 0.4) is 0 Å². The largest absolute Gasteiger partial charge is 0.508 e. The van der Waals surface area contributed by atoms with Gasteiger partial charge in [-0.1, -0.05) is 142 Å². The molecule has 24 heteroatoms. The molecule has 8 aromatic carbocycles. The van der Waals surface area contributed by atoms with Crippen molar-refractivity contribution in [3.63, 3.8) is 0 Å². The fourth-order valence-corrected chi connectivity index (χ4v) is 9.05. The summed E-state index contributed by atoms with van der Waals surface area (Å²) in [5.74, 6) is 6.43. The van der Waals surface area contributed by atoms with Crippen molar-refractivity contribution in [2.45, 2.75) is 148 Å². The number of oxime groups is 1. The summed E-state index contributed by atoms with van der Waals surface area (Å²) in [7, 11) is 4.21. The van der Waals surface area contributed by atoms with Crippen molar-refractivity contribution in [2.75, 3.05) is 73.3 Å². The third-order valence-corrected chi connectivity index (χ3v) is 15.5. The van der Waals surface area contributed by atoms with Gasteiger partial charge in [0.15, 0.2) is 0 Å². The summed E-state index contributed by atoms with van der Waals surface area (Å²) in [5, 5.41) is 30.9. The molecule has 10 rings (SSSR count). The number of carboxylic acid groups (broad SMARTS) is 1. The van der Waals surface area contributed by atoms with Crippen molar-refractivity contribution in [1.82, 2.24) is 15.1 Å². The van der Waals surface area contributed by atoms with Crippen molar-refractivity contribution in [1.29, 1.82) is 0 Å². The summed E-state index contributed by atoms with van der Waals surface area (Å²) in [5.41, 5.74) is 23.7. The number of aromatic hydroxyl groups is 1. The van der Waals surface area contributed by atoms with Gasteiger partial charge in [0.2, 0.25) is 6.08 Å². The molecule has 648 valence electrons. The standard InChI is InChI=1S/C13H19FN2.C12H15NO2.C11H15NO2.2C11H17NO.C11H14O2.C7H8FN.C7H6O2.C6H11NO.C2H4O2.CH4.CH3.Pd/c1-16-8-6-13(7-9-16)15-10-11-2-4-12(14)5-3-11;1-10(2)8-15-12-5-3-11(4-6-12)7-13-9-14;1-9(2)8-14-11-5-3-10(4-6-11)7-12-13;3*1-9(2)8-13-11-5-3-10(7-12)4-6-11;8-7-3-1-6(5-9)2-4-7;8-5-6-1-3-7(9)4-2-6;1-7-4-2-6(8)3-5-7;1-2(3)4;;;/h2-5,13,15H,6-10H2,1H3;3-6,10H,7-8H2,1-2H3;3-7,9,13H,8H2,1-2H3;2*3-6,9H,7-8,12H2,1-2H3;3-7,9H,8H2,1-2H3;1-4H,5,9H2;1-5,9H;2-5H2,1H3;1H3,(H,3,4);1H4;1H3;/q;;;;;;;;;;;-1;/b;;12-7-;;;;;;;;;;. The number of isocyanates is 1. The van der Waals surface area contributed by atoms with Crippen LogP contribution in [0.2, 0.25) is 0 Å². The van der Waals surface area contributed by atoms with Gasteiger partial charge in [0.25, 0.3) is 5.97 Å². The number of carbonyl (C=O) groups excluding carboxylic acids is 4. The Hall–Kier alpha value is -9.83. The van der Waals surface area contributed by atoms with Crippen LogP contribution < -0.4 is 46.2 Å². The minimum absolute atomic E-state index is 0. The van der Waals surface area contributed by atoms with Gasteiger partial charge in [-0.2, -0.15) is 0 Å². The summed E-state index contributed by atoms with van der Waals surface area (Å²) in [6.07, 6.45) is 8.39. The minimum Gasteiger partial charge on any atom is -0.508 e. The molecule has 0 spiro atoms. The van der Waals surface area contributed by atoms with Gasteiger partial charge >= 0.3 is 0 Å². The first-order valence-electron chi connectivity index (χ1n) is 38.4. The van der Waals surface area contributed by atoms with E-state index in [0.29, 0.717) is 98.5 Å². The van der Waals surface area contributed by atoms with E-state index in [1.807, 2.05) is 128 Å². The van der Waals surface area contributed by atoms with Crippen LogP contribution in [0.15, 0.2) is 204 Å². The molecular weight excluding hydrogens is 1580 g/mol. The topological polar surface area (TPSA) is 313 Å². The van der Waals surface area contributed by atoms with E-state index in [-0.39, 0.29) is 52.7 Å². The molecule has 2 aliphatic heterocycles. The summed E-state index contributed by atoms with van der Waals surface area (Å²) in [4.78, 5) is 57.9. The second kappa shape index (κ2) is 69.3. The van der Waals surface area contributed by atoms with Crippen molar-refractivity contribution in [3.8, 4) is 34.5 Å². The molecule has 0 aromatic heterocycles. The number of nitrogens with two attached hydrogens (primary N) is 3. The molecule has 8 aromatic rings. The molecule has 0 atom stereocenters. The zero-order valence-electron chi connectivity index (χ0n) is 70.4. The van der Waals surface area contributed by atoms with Gasteiger partial charge in [0.1, 0.15) is 64.5 Å². The van der Waals surface area contributed by atoms with Crippen molar-refractivity contribution >= 4 is 36.6 Å². The number of Topliss-reactive ketones (excluding diaryl/α,β-unsaturated/α-hetero) is 1. The molecule has 2 saturated heterocycles. The Labute approximate surface area is 710 Å². The molecular formula is C93H133F2N8O13Pd-. The van der Waals surface area contributed by atoms with Crippen LogP contribution in [-0.4, -0.2) is 141 Å². The van der Waals surface area contributed by atoms with Crippen LogP contribution in [0.4, 0.5) is 8.78 Å². The van der Waals surface area contributed by atoms with E-state index in [2.05, 4.69) is 102 Å². The van der Waals surface area contributed by atoms with Gasteiger partial charge in [-0.3, -0.25) is 19.2 Å². The number of hydrogen-bond acceptors (Lipinski definition) is 20. The van der Waals surface area contributed by atoms with Crippen LogP contribution in [0.25, 0.3) is 0 Å². The number of aldehydes is 2. The molecule has 0 unspecified atom stereocenters. The van der Waals surface area contributed by atoms with E-state index < -0.39 is 5.97 Å². The quantitative estimate of drug-likeness (QED) is 0.00504. The van der Waals surface area contributed by atoms with Gasteiger partial charge in [-0.25, -0.2) is 18.6 Å². The Morgan fingerprint density at radius 2 is 0.769 bits per heavy atom. The predicted octanol–water partition coefficient (Wildman–Crippen LogP) is 17.9. The third-order valence-electron chi connectivity index (χ3n) is 15.5. The average Bonchev–Trinajstić information content (AvgIpc) is 0.997. The number of ketones is 1. The number of phenolic OH excluding ortho intramolecular Hbond substituents is 1. The summed E-state index contributed by atoms with van der Waals surface area (Å²) in [6, 6.07) is 57.5. The first-order chi connectivity index (χ1) is 54.5. The smallest absolute Gasteiger partial charge is 0.300 e. The van der Waals surface area contributed by atoms with Crippen LogP contribution in [-0.2, 0) is 67.5 Å². The third kappa shape index (κ3) is 61.2. The van der Waals surface area contributed by atoms with E-state index >= 15 is 0 Å². The summed E-state index contributed by atoms with van der Waals surface area (Å²) in [6.45, 7) is 33.0. The van der Waals surface area contributed by atoms with Gasteiger partial charge in [0, 0.05) is 96.6 Å². The molecule has 0 aliphatic carbocycles. The molecule has 0 bridgehead atoms. The number of halogens is 2. The minimum atomic E-state index is -0.833. The molecule has 0 saturated carbocycles. The second-order valence-electron chi connectivity index (χ2n) is 28.8. The molecule has 0 radical (unpaired) electrons. The molecule has 117 heavy (non-hydrogen) atoms. The number of likely N-dealkylation sites (tertiary alicyclic amines) is 2. The maximum atomic E-state index is 12.7. The molecule has 2 aliphatic rings. The van der Waals surface area contributed by atoms with E-state index in [1.165, 1.54) is 74.6 Å². The predicted molar refractivity (Wildman–Crippen MR) is 466 cm³/mol. The van der Waals surface area contributed by atoms with Gasteiger partial charge in [0.05, 0.1) is 45.8 Å². The molecule has 21 nitrogen and oxygen atoms in total. The fourth-order valence-electron chi connectivity index (χ4n) is 9.05. The Bertz CT molecular complexity index is 3780. The molecule has 10 N–H and O–H groups in total. The number of carbonyl (C=O) groups is 4. The molecule has 2 fully saturated rings. The Morgan fingerprint density at radius 1 is 0.496 bits per heavy atom. The number of nitrogens with zero attached hydrogens (tertiary/aromatic N) is 4. The number of aliphatic carboxylic acids is 1. The number of hydrogen-bond donors (Lipinski definition) is 7. The summed E-state index contributed by atoms with van der Waals surface area (Å²) >= 11 is 0. The number of aliphatic imine (C=N–C) groups is 1. The Morgan fingerprint density at radius 3 is 1.05 bits per heavy atom. The van der Waals surface area contributed by atoms with E-state index in [4.69, 9.17) is 61.1 Å². The average molecular weight is 1720 g/mol. The Kier molecular flexibility index (Phi) is 65.9. The number of nitrogens with one attached hydrogen (secondary N) is 1. The fraction of sp³-hybridized carbons (Fsp3) is 0.409. The van der Waals surface area contributed by atoms with E-state index in [1.54, 1.807) is 36.4 Å². The van der Waals surface area contributed by atoms with E-state index in [9.17, 15) is 28.0 Å². The maximum Gasteiger partial charge on any atom is 0.300 e. The van der Waals surface area contributed by atoms with Crippen LogP contribution >= 0.6 is 0 Å². The Balaban J connectivity index is -0.00000125. The number of carboxylic acids is 1. The number of phenols is 1. The number of rotatable bonds is 26. The summed E-state index contributed by atoms with van der Waals surface area (Å²) < 4.78 is 52.4. The normalized spacial score (nSPS) is 11.9. The molecule has 0 amide bonds. The van der Waals surface area contributed by atoms with Crippen molar-refractivity contribution in [3.05, 3.63) is 258 Å². The van der Waals surface area contributed by atoms with Gasteiger partial charge < -0.3 is 78.8 Å². The monoisotopic (exact) mass is 1710 g/mol. The zero-order chi connectivity index (χ0) is 84.9. The zero-order valence-corrected chi connectivity index (χ0v) is 72.0. The van der Waals surface area contributed by atoms with Crippen molar-refractivity contribution < 1.29 is 92.3 Å². The number of benzene rings is 8. The number of piperidine rings is 2. The SMILES string of the molecule is C.CC(=O)O.CC(C)COc1ccc(/C=N\O)cc1.CC(C)COc1ccc(C=O)cc1.CC(C)COc1ccc(CN)cc1.CC(C)COc1ccc(CN)cc1.CC(C)COc1ccc(CN=C=O)cc1.CN1CCC(=O)CC1.CN1CCC(NCc2ccc(F)cc2)CC1.NCc1ccc(F)cc1.O=Cc1ccc(O)cc1.[CH3-].[Pd]. The number of ether oxygens (including phenoxy) is 5. The van der Waals surface area contributed by atoms with Gasteiger partial charge in [-0.15, -0.1) is 0 Å². The first kappa shape index (κ1) is 111. The maximum absolute atomic E-state index is 12.7. The second-order valence-corrected chi connectivity index (χ2v) is 28.8. The van der Waals surface area contributed by atoms with Gasteiger partial charge in [-0.05, 0) is 236 Å². The van der Waals surface area contributed by atoms with E-state index in [0.717, 1.165) is 127 Å². The molecule has 2 heterocycles. The van der Waals surface area contributed by atoms with Crippen LogP contribution in [0.1, 0.15) is 163 Å². The van der Waals surface area contributed by atoms with Crippen molar-refractivity contribution in [2.24, 2.45) is 56.9 Å².